The van der Waals surface area contributed by atoms with Crippen molar-refractivity contribution in [1.29, 1.82) is 0 Å². The summed E-state index contributed by atoms with van der Waals surface area (Å²) in [6.45, 7) is 0.293. The van der Waals surface area contributed by atoms with Crippen molar-refractivity contribution in [3.05, 3.63) is 59.8 Å². The molecule has 0 radical (unpaired) electrons. The molecule has 0 bridgehead atoms. The minimum Gasteiger partial charge on any atom is -0.472 e. The third-order valence-electron chi connectivity index (χ3n) is 2.13. The van der Waals surface area contributed by atoms with Crippen LogP contribution in [0.3, 0.4) is 0 Å². The number of rotatable bonds is 3. The van der Waals surface area contributed by atoms with Crippen LogP contribution in [-0.2, 0) is 6.54 Å². The molecule has 2 aromatic rings. The van der Waals surface area contributed by atoms with Gasteiger partial charge in [0.1, 0.15) is 12.1 Å². The standard InChI is InChI=1S/C12H10FNO2/c13-11-3-1-2-9(6-11)7-14-12(15)10-4-5-16-8-10/h1-6,8H,7H2,(H,14,15). The summed E-state index contributed by atoms with van der Waals surface area (Å²) in [5.74, 6) is -0.548. The van der Waals surface area contributed by atoms with Crippen LogP contribution in [0.15, 0.2) is 47.3 Å². The van der Waals surface area contributed by atoms with E-state index in [4.69, 9.17) is 4.42 Å². The van der Waals surface area contributed by atoms with Gasteiger partial charge in [0.15, 0.2) is 0 Å². The molecule has 0 saturated heterocycles. The molecular formula is C12H10FNO2. The molecule has 0 aliphatic carbocycles. The van der Waals surface area contributed by atoms with Crippen molar-refractivity contribution in [2.45, 2.75) is 6.54 Å². The van der Waals surface area contributed by atoms with Crippen molar-refractivity contribution in [3.8, 4) is 0 Å². The number of halogens is 1. The molecule has 1 heterocycles. The highest BCUT2D eigenvalue weighted by Gasteiger charge is 2.05. The first-order chi connectivity index (χ1) is 7.75. The lowest BCUT2D eigenvalue weighted by Gasteiger charge is -2.03. The van der Waals surface area contributed by atoms with Gasteiger partial charge in [-0.25, -0.2) is 4.39 Å². The van der Waals surface area contributed by atoms with Crippen LogP contribution in [0.5, 0.6) is 0 Å². The molecular weight excluding hydrogens is 209 g/mol. The van der Waals surface area contributed by atoms with Gasteiger partial charge in [-0.05, 0) is 23.8 Å². The van der Waals surface area contributed by atoms with Crippen LogP contribution in [0, 0.1) is 5.82 Å². The second-order valence-electron chi connectivity index (χ2n) is 3.32. The summed E-state index contributed by atoms with van der Waals surface area (Å²) in [6, 6.07) is 7.67. The Kier molecular flexibility index (Phi) is 3.00. The van der Waals surface area contributed by atoms with Gasteiger partial charge < -0.3 is 9.73 Å². The highest BCUT2D eigenvalue weighted by atomic mass is 19.1. The molecule has 82 valence electrons. The Bertz CT molecular complexity index is 480. The van der Waals surface area contributed by atoms with E-state index < -0.39 is 0 Å². The normalized spacial score (nSPS) is 10.1. The minimum atomic E-state index is -0.310. The average molecular weight is 219 g/mol. The molecule has 0 aliphatic heterocycles. The highest BCUT2D eigenvalue weighted by molar-refractivity contribution is 5.93. The van der Waals surface area contributed by atoms with Gasteiger partial charge in [0.05, 0.1) is 11.8 Å². The van der Waals surface area contributed by atoms with Crippen molar-refractivity contribution in [1.82, 2.24) is 5.32 Å². The maximum Gasteiger partial charge on any atom is 0.254 e. The monoisotopic (exact) mass is 219 g/mol. The van der Waals surface area contributed by atoms with Gasteiger partial charge in [-0.3, -0.25) is 4.79 Å². The predicted molar refractivity (Wildman–Crippen MR) is 56.3 cm³/mol. The van der Waals surface area contributed by atoms with Crippen LogP contribution in [0.25, 0.3) is 0 Å². The highest BCUT2D eigenvalue weighted by Crippen LogP contribution is 2.04. The lowest BCUT2D eigenvalue weighted by molar-refractivity contribution is 0.0950. The topological polar surface area (TPSA) is 42.2 Å². The first-order valence-electron chi connectivity index (χ1n) is 4.80. The zero-order valence-electron chi connectivity index (χ0n) is 8.44. The van der Waals surface area contributed by atoms with Crippen molar-refractivity contribution in [2.75, 3.05) is 0 Å². The number of nitrogens with one attached hydrogen (secondary N) is 1. The molecule has 0 atom stereocenters. The van der Waals surface area contributed by atoms with E-state index in [0.717, 1.165) is 5.56 Å². The van der Waals surface area contributed by atoms with Gasteiger partial charge in [-0.1, -0.05) is 12.1 Å². The Labute approximate surface area is 91.9 Å². The molecule has 4 heteroatoms. The zero-order chi connectivity index (χ0) is 11.4. The second-order valence-corrected chi connectivity index (χ2v) is 3.32. The largest absolute Gasteiger partial charge is 0.472 e. The van der Waals surface area contributed by atoms with Gasteiger partial charge in [0.25, 0.3) is 5.91 Å². The zero-order valence-corrected chi connectivity index (χ0v) is 8.44. The maximum atomic E-state index is 12.8. The SMILES string of the molecule is O=C(NCc1cccc(F)c1)c1ccoc1. The molecule has 1 N–H and O–H groups in total. The van der Waals surface area contributed by atoms with E-state index in [2.05, 4.69) is 5.32 Å². The summed E-state index contributed by atoms with van der Waals surface area (Å²) in [5, 5.41) is 2.66. The quantitative estimate of drug-likeness (QED) is 0.860. The van der Waals surface area contributed by atoms with Gasteiger partial charge in [0.2, 0.25) is 0 Å². The molecule has 0 aliphatic rings. The fraction of sp³-hybridized carbons (Fsp3) is 0.0833. The third-order valence-corrected chi connectivity index (χ3v) is 2.13. The number of hydrogen-bond acceptors (Lipinski definition) is 2. The number of hydrogen-bond donors (Lipinski definition) is 1. The Morgan fingerprint density at radius 1 is 1.38 bits per heavy atom. The molecule has 2 rings (SSSR count). The van der Waals surface area contributed by atoms with Crippen LogP contribution in [0.4, 0.5) is 4.39 Å². The van der Waals surface area contributed by atoms with E-state index in [9.17, 15) is 9.18 Å². The van der Waals surface area contributed by atoms with Crippen molar-refractivity contribution in [3.63, 3.8) is 0 Å². The molecule has 0 unspecified atom stereocenters. The molecule has 1 aromatic heterocycles. The minimum absolute atomic E-state index is 0.238. The number of furan rings is 1. The van der Waals surface area contributed by atoms with E-state index in [-0.39, 0.29) is 11.7 Å². The Balaban J connectivity index is 1.95. The summed E-state index contributed by atoms with van der Waals surface area (Å²) in [7, 11) is 0. The fourth-order valence-electron chi connectivity index (χ4n) is 1.32. The molecule has 3 nitrogen and oxygen atoms in total. The van der Waals surface area contributed by atoms with Crippen LogP contribution in [0.1, 0.15) is 15.9 Å². The smallest absolute Gasteiger partial charge is 0.254 e. The average Bonchev–Trinajstić information content (AvgIpc) is 2.79. The Morgan fingerprint density at radius 3 is 2.94 bits per heavy atom. The lowest BCUT2D eigenvalue weighted by Crippen LogP contribution is -2.22. The second kappa shape index (κ2) is 4.61. The third kappa shape index (κ3) is 2.48. The molecule has 0 spiro atoms. The van der Waals surface area contributed by atoms with Gasteiger partial charge >= 0.3 is 0 Å². The van der Waals surface area contributed by atoms with E-state index in [1.54, 1.807) is 18.2 Å². The van der Waals surface area contributed by atoms with Gasteiger partial charge in [0, 0.05) is 6.54 Å². The van der Waals surface area contributed by atoms with E-state index in [0.29, 0.717) is 12.1 Å². The Morgan fingerprint density at radius 2 is 2.25 bits per heavy atom. The molecule has 1 aromatic carbocycles. The number of carbonyl (C=O) groups excluding carboxylic acids is 1. The van der Waals surface area contributed by atoms with Crippen LogP contribution in [0.2, 0.25) is 0 Å². The summed E-state index contributed by atoms with van der Waals surface area (Å²) < 4.78 is 17.6. The van der Waals surface area contributed by atoms with Crippen LogP contribution >= 0.6 is 0 Å². The van der Waals surface area contributed by atoms with Gasteiger partial charge in [-0.2, -0.15) is 0 Å². The van der Waals surface area contributed by atoms with E-state index in [1.165, 1.54) is 24.7 Å². The fourth-order valence-corrected chi connectivity index (χ4v) is 1.32. The van der Waals surface area contributed by atoms with Crippen LogP contribution < -0.4 is 5.32 Å². The maximum absolute atomic E-state index is 12.8. The molecule has 16 heavy (non-hydrogen) atoms. The first-order valence-corrected chi connectivity index (χ1v) is 4.80. The summed E-state index contributed by atoms with van der Waals surface area (Å²) in [5.41, 5.74) is 1.17. The summed E-state index contributed by atoms with van der Waals surface area (Å²) in [6.07, 6.45) is 2.79. The van der Waals surface area contributed by atoms with Gasteiger partial charge in [-0.15, -0.1) is 0 Å². The van der Waals surface area contributed by atoms with Crippen molar-refractivity contribution in [2.24, 2.45) is 0 Å². The van der Waals surface area contributed by atoms with Crippen LogP contribution in [-0.4, -0.2) is 5.91 Å². The summed E-state index contributed by atoms with van der Waals surface area (Å²) >= 11 is 0. The van der Waals surface area contributed by atoms with Crippen molar-refractivity contribution >= 4 is 5.91 Å². The van der Waals surface area contributed by atoms with Crippen molar-refractivity contribution < 1.29 is 13.6 Å². The summed E-state index contributed by atoms with van der Waals surface area (Å²) in [4.78, 5) is 11.5. The molecule has 1 amide bonds. The number of benzene rings is 1. The lowest BCUT2D eigenvalue weighted by atomic mass is 10.2. The first kappa shape index (κ1) is 10.4. The number of amides is 1. The van der Waals surface area contributed by atoms with E-state index in [1.807, 2.05) is 0 Å². The predicted octanol–water partition coefficient (Wildman–Crippen LogP) is 2.35. The Hall–Kier alpha value is -2.10. The molecule has 0 saturated carbocycles. The number of carbonyl (C=O) groups is 1. The molecule has 0 fully saturated rings. The van der Waals surface area contributed by atoms with E-state index >= 15 is 0 Å².